The Morgan fingerprint density at radius 1 is 1.20 bits per heavy atom. The third-order valence-electron chi connectivity index (χ3n) is 0. The normalized spacial score (nSPS) is 11.2. The van der Waals surface area contributed by atoms with Crippen molar-refractivity contribution in [3.05, 3.63) is 0 Å². The molecule has 0 atom stereocenters. The van der Waals surface area contributed by atoms with Gasteiger partial charge in [0.2, 0.25) is 0 Å². The van der Waals surface area contributed by atoms with Crippen molar-refractivity contribution in [1.82, 2.24) is 0 Å². The SMILES string of the molecule is B=S(=B)(F)F. The van der Waals surface area contributed by atoms with Crippen molar-refractivity contribution in [3.63, 3.8) is 0 Å². The first kappa shape index (κ1) is 5.34. The van der Waals surface area contributed by atoms with Crippen molar-refractivity contribution in [2.24, 2.45) is 0 Å². The van der Waals surface area contributed by atoms with E-state index >= 15 is 0 Å². The van der Waals surface area contributed by atoms with E-state index in [2.05, 4.69) is 13.4 Å². The summed E-state index contributed by atoms with van der Waals surface area (Å²) in [5, 5.41) is 0. The van der Waals surface area contributed by atoms with Crippen LogP contribution in [0.2, 0.25) is 0 Å². The molecular weight excluding hydrogens is 91.7 g/mol. The van der Waals surface area contributed by atoms with Crippen molar-refractivity contribution >= 4 is 23.1 Å². The van der Waals surface area contributed by atoms with Crippen LogP contribution in [0.4, 0.5) is 7.77 Å². The number of halogens is 2. The van der Waals surface area contributed by atoms with E-state index < -0.39 is 9.65 Å². The van der Waals surface area contributed by atoms with E-state index in [0.29, 0.717) is 0 Å². The molecule has 5 heavy (non-hydrogen) atoms. The molecule has 0 spiro atoms. The second-order valence-corrected chi connectivity index (χ2v) is 2.10. The molecule has 0 rings (SSSR count). The fraction of sp³-hybridized carbons (Fsp3) is 0. The van der Waals surface area contributed by atoms with Gasteiger partial charge in [-0.15, -0.1) is 0 Å². The van der Waals surface area contributed by atoms with Crippen molar-refractivity contribution < 1.29 is 7.77 Å². The average Bonchev–Trinajstić information content (AvgIpc) is 0.722. The summed E-state index contributed by atoms with van der Waals surface area (Å²) >= 11 is 0. The van der Waals surface area contributed by atoms with Gasteiger partial charge in [0.1, 0.15) is 0 Å². The Hall–Kier alpha value is 0.340. The van der Waals surface area contributed by atoms with Gasteiger partial charge in [0.05, 0.1) is 0 Å². The molecule has 0 aromatic rings. The van der Waals surface area contributed by atoms with Crippen LogP contribution in [-0.4, -0.2) is 13.4 Å². The molecule has 28 valence electrons. The Balaban J connectivity index is 4.06. The van der Waals surface area contributed by atoms with E-state index in [-0.39, 0.29) is 0 Å². The first-order chi connectivity index (χ1) is 2.00. The molecule has 0 nitrogen and oxygen atoms in total. The third-order valence-corrected chi connectivity index (χ3v) is 0. The minimum atomic E-state index is -3.67. The Kier molecular flexibility index (Phi) is 1.29. The van der Waals surface area contributed by atoms with Crippen molar-refractivity contribution in [3.8, 4) is 0 Å². The van der Waals surface area contributed by atoms with Crippen molar-refractivity contribution in [2.75, 3.05) is 0 Å². The van der Waals surface area contributed by atoms with E-state index in [1.807, 2.05) is 0 Å². The van der Waals surface area contributed by atoms with Gasteiger partial charge in [0, 0.05) is 0 Å². The topological polar surface area (TPSA) is 0 Å². The van der Waals surface area contributed by atoms with Crippen LogP contribution in [0, 0.1) is 0 Å². The van der Waals surface area contributed by atoms with Crippen LogP contribution >= 0.6 is 9.65 Å². The van der Waals surface area contributed by atoms with E-state index in [0.717, 1.165) is 0 Å². The predicted octanol–water partition coefficient (Wildman–Crippen LogP) is 0.192. The van der Waals surface area contributed by atoms with E-state index in [1.54, 1.807) is 0 Å². The van der Waals surface area contributed by atoms with Gasteiger partial charge in [0.15, 0.2) is 0 Å². The van der Waals surface area contributed by atoms with E-state index in [1.165, 1.54) is 0 Å². The molecular formula is H2B2F2S. The first-order valence-corrected chi connectivity index (χ1v) is 2.66. The monoisotopic (exact) mass is 94.0 g/mol. The second kappa shape index (κ2) is 1.20. The number of hydrogen-bond acceptors (Lipinski definition) is 0. The maximum absolute atomic E-state index is 10.9. The molecule has 0 aromatic carbocycles. The maximum atomic E-state index is 10.9. The summed E-state index contributed by atoms with van der Waals surface area (Å²) in [5.74, 6) is 0. The van der Waals surface area contributed by atoms with Crippen LogP contribution in [-0.2, 0) is 0 Å². The zero-order valence-corrected chi connectivity index (χ0v) is 3.39. The molecule has 0 unspecified atom stereocenters. The molecule has 0 heterocycles. The van der Waals surface area contributed by atoms with Gasteiger partial charge >= 0.3 is 30.9 Å². The Labute approximate surface area is 31.8 Å². The van der Waals surface area contributed by atoms with Gasteiger partial charge in [-0.3, -0.25) is 0 Å². The van der Waals surface area contributed by atoms with Gasteiger partial charge in [-0.2, -0.15) is 0 Å². The summed E-state index contributed by atoms with van der Waals surface area (Å²) in [6.07, 6.45) is 0. The van der Waals surface area contributed by atoms with Crippen LogP contribution in [0.3, 0.4) is 0 Å². The molecule has 0 bridgehead atoms. The van der Waals surface area contributed by atoms with Crippen LogP contribution in [0.5, 0.6) is 0 Å². The number of rotatable bonds is 0. The summed E-state index contributed by atoms with van der Waals surface area (Å²) in [6.45, 7) is 4.82. The standard InChI is InChI=1S/B2F2H2S/c1-5(2,3)4/h1-2H. The van der Waals surface area contributed by atoms with Gasteiger partial charge in [-0.1, -0.05) is 0 Å². The fourth-order valence-electron chi connectivity index (χ4n) is 0. The Bertz CT molecular complexity index is 90.8. The molecule has 0 aliphatic rings. The zero-order valence-electron chi connectivity index (χ0n) is 2.58. The molecule has 5 heteroatoms. The molecule has 0 radical (unpaired) electrons. The average molecular weight is 93.7 g/mol. The van der Waals surface area contributed by atoms with Gasteiger partial charge in [-0.05, 0) is 0 Å². The second-order valence-electron chi connectivity index (χ2n) is 0.699. The summed E-state index contributed by atoms with van der Waals surface area (Å²) in [5.41, 5.74) is 0. The predicted molar refractivity (Wildman–Crippen MR) is 24.1 cm³/mol. The summed E-state index contributed by atoms with van der Waals surface area (Å²) in [4.78, 5) is 0. The molecule has 0 amide bonds. The fourth-order valence-corrected chi connectivity index (χ4v) is 0. The molecule has 0 saturated carbocycles. The molecule has 0 N–H and O–H groups in total. The van der Waals surface area contributed by atoms with E-state index in [9.17, 15) is 7.77 Å². The van der Waals surface area contributed by atoms with Crippen LogP contribution < -0.4 is 0 Å². The van der Waals surface area contributed by atoms with Gasteiger partial charge < -0.3 is 0 Å². The number of hydrogen-bond donors (Lipinski definition) is 0. The van der Waals surface area contributed by atoms with Crippen LogP contribution in [0.25, 0.3) is 0 Å². The molecule has 0 aliphatic carbocycles. The molecule has 0 aromatic heterocycles. The zero-order chi connectivity index (χ0) is 4.50. The van der Waals surface area contributed by atoms with Crippen LogP contribution in [0.15, 0.2) is 0 Å². The van der Waals surface area contributed by atoms with Crippen LogP contribution in [0.1, 0.15) is 0 Å². The third kappa shape index (κ3) is 206. The summed E-state index contributed by atoms with van der Waals surface area (Å²) < 4.78 is 21.8. The van der Waals surface area contributed by atoms with Crippen molar-refractivity contribution in [2.45, 2.75) is 0 Å². The first-order valence-electron chi connectivity index (χ1n) is 0.886. The molecule has 0 aliphatic heterocycles. The van der Waals surface area contributed by atoms with Gasteiger partial charge in [-0.25, -0.2) is 0 Å². The van der Waals surface area contributed by atoms with E-state index in [4.69, 9.17) is 0 Å². The molecule has 0 fully saturated rings. The Morgan fingerprint density at radius 3 is 1.20 bits per heavy atom. The quantitative estimate of drug-likeness (QED) is 0.375. The van der Waals surface area contributed by atoms with Gasteiger partial charge in [0.25, 0.3) is 0 Å². The van der Waals surface area contributed by atoms with Crippen molar-refractivity contribution in [1.29, 1.82) is 0 Å². The molecule has 0 saturated heterocycles. The minimum absolute atomic E-state index is 2.41. The Morgan fingerprint density at radius 2 is 1.20 bits per heavy atom. The summed E-state index contributed by atoms with van der Waals surface area (Å²) in [7, 11) is -3.67. The summed E-state index contributed by atoms with van der Waals surface area (Å²) in [6, 6.07) is 0.